The van der Waals surface area contributed by atoms with Crippen molar-refractivity contribution in [1.29, 1.82) is 0 Å². The maximum atomic E-state index is 10.9. The summed E-state index contributed by atoms with van der Waals surface area (Å²) >= 11 is 0. The fourth-order valence-electron chi connectivity index (χ4n) is 2.09. The first kappa shape index (κ1) is 15.5. The first-order valence-corrected chi connectivity index (χ1v) is 7.13. The highest BCUT2D eigenvalue weighted by Crippen LogP contribution is 2.24. The van der Waals surface area contributed by atoms with Gasteiger partial charge in [0.25, 0.3) is 0 Å². The van der Waals surface area contributed by atoms with E-state index in [1.807, 2.05) is 12.1 Å². The molecule has 0 bridgehead atoms. The van der Waals surface area contributed by atoms with Crippen molar-refractivity contribution in [2.45, 2.75) is 0 Å². The Morgan fingerprint density at radius 1 is 0.958 bits per heavy atom. The number of hydrogen-bond acceptors (Lipinski definition) is 5. The third-order valence-electron chi connectivity index (χ3n) is 3.34. The van der Waals surface area contributed by atoms with E-state index in [0.29, 0.717) is 11.5 Å². The molecule has 1 heterocycles. The highest BCUT2D eigenvalue weighted by Gasteiger charge is 2.06. The molecule has 6 heteroatoms. The maximum absolute atomic E-state index is 10.9. The molecule has 1 N–H and O–H groups in total. The Hall–Kier alpha value is -3.41. The molecular formula is C18H14N2O4. The lowest BCUT2D eigenvalue weighted by Gasteiger charge is -2.06. The minimum Gasteiger partial charge on any atom is -0.497 e. The largest absolute Gasteiger partial charge is 0.497 e. The second-order valence-electron chi connectivity index (χ2n) is 4.92. The minimum atomic E-state index is -0.958. The van der Waals surface area contributed by atoms with Crippen molar-refractivity contribution in [3.05, 3.63) is 66.5 Å². The van der Waals surface area contributed by atoms with E-state index in [0.717, 1.165) is 11.1 Å². The molecule has 3 aromatic rings. The van der Waals surface area contributed by atoms with Gasteiger partial charge in [0.2, 0.25) is 0 Å². The van der Waals surface area contributed by atoms with Gasteiger partial charge in [-0.3, -0.25) is 0 Å². The average molecular weight is 322 g/mol. The summed E-state index contributed by atoms with van der Waals surface area (Å²) in [4.78, 5) is 19.2. The lowest BCUT2D eigenvalue weighted by molar-refractivity contribution is 0.0697. The van der Waals surface area contributed by atoms with Gasteiger partial charge in [0.1, 0.15) is 11.5 Å². The molecule has 0 saturated heterocycles. The number of carbonyl (C=O) groups is 1. The van der Waals surface area contributed by atoms with Gasteiger partial charge in [-0.05, 0) is 29.8 Å². The number of benzene rings is 2. The molecule has 0 radical (unpaired) electrons. The van der Waals surface area contributed by atoms with Crippen LogP contribution in [0.3, 0.4) is 0 Å². The Morgan fingerprint density at radius 3 is 2.25 bits per heavy atom. The number of hydrogen-bond donors (Lipinski definition) is 1. The van der Waals surface area contributed by atoms with Crippen LogP contribution in [0, 0.1) is 0 Å². The van der Waals surface area contributed by atoms with Crippen molar-refractivity contribution in [1.82, 2.24) is 9.97 Å². The van der Waals surface area contributed by atoms with Gasteiger partial charge < -0.3 is 14.6 Å². The van der Waals surface area contributed by atoms with E-state index in [1.165, 1.54) is 0 Å². The SMILES string of the molecule is COc1cccc(Oc2ncc(-c3ccc(C(=O)O)cc3)cn2)c1. The lowest BCUT2D eigenvalue weighted by atomic mass is 10.1. The van der Waals surface area contributed by atoms with Crippen LogP contribution >= 0.6 is 0 Å². The summed E-state index contributed by atoms with van der Waals surface area (Å²) in [6.07, 6.45) is 3.25. The third kappa shape index (κ3) is 3.49. The molecule has 2 aromatic carbocycles. The number of rotatable bonds is 5. The van der Waals surface area contributed by atoms with E-state index in [-0.39, 0.29) is 11.6 Å². The molecule has 0 aliphatic rings. The number of carboxylic acids is 1. The minimum absolute atomic E-state index is 0.217. The second kappa shape index (κ2) is 6.78. The van der Waals surface area contributed by atoms with Crippen molar-refractivity contribution in [2.24, 2.45) is 0 Å². The van der Waals surface area contributed by atoms with Gasteiger partial charge in [-0.1, -0.05) is 18.2 Å². The van der Waals surface area contributed by atoms with E-state index in [2.05, 4.69) is 9.97 Å². The zero-order chi connectivity index (χ0) is 16.9. The Bertz CT molecular complexity index is 846. The van der Waals surface area contributed by atoms with Crippen LogP contribution in [0.5, 0.6) is 17.5 Å². The summed E-state index contributed by atoms with van der Waals surface area (Å²) in [7, 11) is 1.58. The molecular weight excluding hydrogens is 308 g/mol. The summed E-state index contributed by atoms with van der Waals surface area (Å²) in [6, 6.07) is 13.9. The van der Waals surface area contributed by atoms with Crippen LogP contribution in [0.15, 0.2) is 60.9 Å². The summed E-state index contributed by atoms with van der Waals surface area (Å²) < 4.78 is 10.7. The van der Waals surface area contributed by atoms with E-state index >= 15 is 0 Å². The first-order chi connectivity index (χ1) is 11.7. The fraction of sp³-hybridized carbons (Fsp3) is 0.0556. The molecule has 1 aromatic heterocycles. The van der Waals surface area contributed by atoms with Crippen LogP contribution in [-0.2, 0) is 0 Å². The van der Waals surface area contributed by atoms with Crippen LogP contribution in [0.25, 0.3) is 11.1 Å². The van der Waals surface area contributed by atoms with Crippen LogP contribution in [0.4, 0.5) is 0 Å². The van der Waals surface area contributed by atoms with Crippen LogP contribution < -0.4 is 9.47 Å². The topological polar surface area (TPSA) is 81.5 Å². The van der Waals surface area contributed by atoms with E-state index in [9.17, 15) is 4.79 Å². The van der Waals surface area contributed by atoms with Crippen molar-refractivity contribution in [3.63, 3.8) is 0 Å². The summed E-state index contributed by atoms with van der Waals surface area (Å²) in [5, 5.41) is 8.91. The van der Waals surface area contributed by atoms with Gasteiger partial charge >= 0.3 is 12.0 Å². The van der Waals surface area contributed by atoms with Gasteiger partial charge in [0.15, 0.2) is 0 Å². The number of ether oxygens (including phenoxy) is 2. The van der Waals surface area contributed by atoms with Crippen molar-refractivity contribution < 1.29 is 19.4 Å². The van der Waals surface area contributed by atoms with E-state index in [1.54, 1.807) is 55.9 Å². The number of methoxy groups -OCH3 is 1. The smallest absolute Gasteiger partial charge is 0.335 e. The van der Waals surface area contributed by atoms with Crippen LogP contribution in [0.2, 0.25) is 0 Å². The molecule has 0 aliphatic carbocycles. The highest BCUT2D eigenvalue weighted by atomic mass is 16.5. The third-order valence-corrected chi connectivity index (χ3v) is 3.34. The first-order valence-electron chi connectivity index (χ1n) is 7.13. The summed E-state index contributed by atoms with van der Waals surface area (Å²) in [5.74, 6) is 0.301. The van der Waals surface area contributed by atoms with Crippen LogP contribution in [0.1, 0.15) is 10.4 Å². The van der Waals surface area contributed by atoms with Crippen molar-refractivity contribution in [2.75, 3.05) is 7.11 Å². The van der Waals surface area contributed by atoms with Gasteiger partial charge in [-0.25, -0.2) is 14.8 Å². The molecule has 6 nitrogen and oxygen atoms in total. The van der Waals surface area contributed by atoms with Crippen molar-refractivity contribution >= 4 is 5.97 Å². The molecule has 0 amide bonds. The molecule has 0 unspecified atom stereocenters. The highest BCUT2D eigenvalue weighted by molar-refractivity contribution is 5.88. The Kier molecular flexibility index (Phi) is 4.38. The van der Waals surface area contributed by atoms with Gasteiger partial charge in [-0.15, -0.1) is 0 Å². The zero-order valence-corrected chi connectivity index (χ0v) is 12.8. The van der Waals surface area contributed by atoms with E-state index < -0.39 is 5.97 Å². The molecule has 0 saturated carbocycles. The fourth-order valence-corrected chi connectivity index (χ4v) is 2.09. The molecule has 0 spiro atoms. The van der Waals surface area contributed by atoms with Gasteiger partial charge in [-0.2, -0.15) is 0 Å². The number of aromatic nitrogens is 2. The monoisotopic (exact) mass is 322 g/mol. The Morgan fingerprint density at radius 2 is 1.62 bits per heavy atom. The molecule has 120 valence electrons. The second-order valence-corrected chi connectivity index (χ2v) is 4.92. The quantitative estimate of drug-likeness (QED) is 0.772. The number of carboxylic acid groups (broad SMARTS) is 1. The summed E-state index contributed by atoms with van der Waals surface area (Å²) in [5.41, 5.74) is 1.83. The molecule has 24 heavy (non-hydrogen) atoms. The number of nitrogens with zero attached hydrogens (tertiary/aromatic N) is 2. The van der Waals surface area contributed by atoms with Gasteiger partial charge in [0, 0.05) is 24.0 Å². The maximum Gasteiger partial charge on any atom is 0.335 e. The normalized spacial score (nSPS) is 10.2. The standard InChI is InChI=1S/C18H14N2O4/c1-23-15-3-2-4-16(9-15)24-18-19-10-14(11-20-18)12-5-7-13(8-6-12)17(21)22/h2-11H,1H3,(H,21,22). The average Bonchev–Trinajstić information content (AvgIpc) is 2.62. The van der Waals surface area contributed by atoms with Crippen LogP contribution in [-0.4, -0.2) is 28.2 Å². The molecule has 0 fully saturated rings. The predicted octanol–water partition coefficient (Wildman–Crippen LogP) is 3.64. The Balaban J connectivity index is 1.76. The molecule has 0 atom stereocenters. The van der Waals surface area contributed by atoms with E-state index in [4.69, 9.17) is 14.6 Å². The van der Waals surface area contributed by atoms with Crippen molar-refractivity contribution in [3.8, 4) is 28.6 Å². The van der Waals surface area contributed by atoms with Gasteiger partial charge in [0.05, 0.1) is 12.7 Å². The Labute approximate surface area is 138 Å². The summed E-state index contributed by atoms with van der Waals surface area (Å²) in [6.45, 7) is 0. The zero-order valence-electron chi connectivity index (χ0n) is 12.8. The number of aromatic carboxylic acids is 1. The molecule has 3 rings (SSSR count). The predicted molar refractivity (Wildman–Crippen MR) is 87.5 cm³/mol. The molecule has 0 aliphatic heterocycles. The lowest BCUT2D eigenvalue weighted by Crippen LogP contribution is -1.95.